The van der Waals surface area contributed by atoms with Crippen LogP contribution in [0.5, 0.6) is 0 Å². The zero-order valence-corrected chi connectivity index (χ0v) is 20.0. The lowest BCUT2D eigenvalue weighted by Gasteiger charge is -2.46. The molecular formula is C28H25Cl2N3. The molecule has 3 nitrogen and oxygen atoms in total. The van der Waals surface area contributed by atoms with Crippen LogP contribution in [0.2, 0.25) is 10.0 Å². The quantitative estimate of drug-likeness (QED) is 0.379. The Kier molecular flexibility index (Phi) is 7.26. The third-order valence-electron chi connectivity index (χ3n) is 6.34. The van der Waals surface area contributed by atoms with Crippen molar-refractivity contribution in [3.05, 3.63) is 99.0 Å². The second kappa shape index (κ2) is 10.3. The largest absolute Gasteiger partial charge is 0.361 e. The Bertz CT molecular complexity index is 1190. The van der Waals surface area contributed by atoms with Crippen molar-refractivity contribution in [2.75, 3.05) is 24.5 Å². The highest BCUT2D eigenvalue weighted by molar-refractivity contribution is 6.33. The smallest absolute Gasteiger partial charge is 0.0991 e. The average molecular weight is 474 g/mol. The molecule has 1 heterocycles. The minimum atomic E-state index is 0.109. The van der Waals surface area contributed by atoms with Crippen LogP contribution >= 0.6 is 23.2 Å². The minimum Gasteiger partial charge on any atom is -0.361 e. The molecule has 1 fully saturated rings. The summed E-state index contributed by atoms with van der Waals surface area (Å²) in [6, 6.07) is 24.4. The Morgan fingerprint density at radius 2 is 1.70 bits per heavy atom. The molecule has 0 N–H and O–H groups in total. The molecule has 0 aliphatic carbocycles. The number of hydrogen-bond donors (Lipinski definition) is 0. The van der Waals surface area contributed by atoms with Gasteiger partial charge in [0, 0.05) is 36.3 Å². The maximum absolute atomic E-state index is 9.15. The van der Waals surface area contributed by atoms with Crippen molar-refractivity contribution >= 4 is 28.9 Å². The Hall–Kier alpha value is -2.95. The molecule has 0 bridgehead atoms. The Labute approximate surface area is 206 Å². The van der Waals surface area contributed by atoms with Crippen molar-refractivity contribution in [1.29, 1.82) is 5.26 Å². The highest BCUT2D eigenvalue weighted by atomic mass is 35.5. The molecular weight excluding hydrogens is 449 g/mol. The Balaban J connectivity index is 1.68. The highest BCUT2D eigenvalue weighted by Crippen LogP contribution is 2.38. The van der Waals surface area contributed by atoms with Crippen LogP contribution in [-0.4, -0.2) is 24.5 Å². The predicted molar refractivity (Wildman–Crippen MR) is 137 cm³/mol. The molecule has 33 heavy (non-hydrogen) atoms. The molecule has 0 saturated carbocycles. The lowest BCUT2D eigenvalue weighted by Crippen LogP contribution is -2.49. The van der Waals surface area contributed by atoms with E-state index in [0.717, 1.165) is 42.3 Å². The summed E-state index contributed by atoms with van der Waals surface area (Å²) in [4.78, 5) is 4.90. The number of terminal acetylenes is 1. The van der Waals surface area contributed by atoms with Gasteiger partial charge in [-0.15, -0.1) is 6.42 Å². The molecule has 3 aromatic carbocycles. The van der Waals surface area contributed by atoms with E-state index in [1.165, 1.54) is 11.1 Å². The monoisotopic (exact) mass is 473 g/mol. The molecule has 0 amide bonds. The molecule has 0 spiro atoms. The lowest BCUT2D eigenvalue weighted by molar-refractivity contribution is 0.156. The van der Waals surface area contributed by atoms with Gasteiger partial charge in [-0.05, 0) is 60.0 Å². The van der Waals surface area contributed by atoms with Crippen molar-refractivity contribution in [1.82, 2.24) is 4.90 Å². The summed E-state index contributed by atoms with van der Waals surface area (Å²) >= 11 is 12.9. The van der Waals surface area contributed by atoms with E-state index in [1.54, 1.807) is 0 Å². The molecule has 1 aliphatic heterocycles. The van der Waals surface area contributed by atoms with Gasteiger partial charge in [0.05, 0.1) is 28.4 Å². The van der Waals surface area contributed by atoms with Crippen LogP contribution < -0.4 is 4.90 Å². The van der Waals surface area contributed by atoms with E-state index in [9.17, 15) is 0 Å². The summed E-state index contributed by atoms with van der Waals surface area (Å²) in [6.45, 7) is 4.78. The number of anilines is 1. The maximum atomic E-state index is 9.15. The van der Waals surface area contributed by atoms with E-state index in [-0.39, 0.29) is 12.1 Å². The van der Waals surface area contributed by atoms with Gasteiger partial charge in [-0.3, -0.25) is 4.90 Å². The molecule has 0 aromatic heterocycles. The second-order valence-corrected chi connectivity index (χ2v) is 9.07. The van der Waals surface area contributed by atoms with E-state index < -0.39 is 0 Å². The number of halogens is 2. The van der Waals surface area contributed by atoms with Gasteiger partial charge in [-0.1, -0.05) is 60.3 Å². The maximum Gasteiger partial charge on any atom is 0.0991 e. The van der Waals surface area contributed by atoms with E-state index in [0.29, 0.717) is 10.6 Å². The Morgan fingerprint density at radius 1 is 1.00 bits per heavy atom. The fourth-order valence-electron chi connectivity index (χ4n) is 4.66. The van der Waals surface area contributed by atoms with Gasteiger partial charge in [0.1, 0.15) is 0 Å². The summed E-state index contributed by atoms with van der Waals surface area (Å²) in [6.07, 6.45) is 6.54. The molecule has 5 heteroatoms. The van der Waals surface area contributed by atoms with Crippen LogP contribution in [0, 0.1) is 23.7 Å². The van der Waals surface area contributed by atoms with Gasteiger partial charge in [0.2, 0.25) is 0 Å². The first-order valence-corrected chi connectivity index (χ1v) is 11.8. The first kappa shape index (κ1) is 23.2. The fourth-order valence-corrected chi connectivity index (χ4v) is 5.07. The van der Waals surface area contributed by atoms with E-state index in [4.69, 9.17) is 34.9 Å². The summed E-state index contributed by atoms with van der Waals surface area (Å²) < 4.78 is 0. The van der Waals surface area contributed by atoms with Gasteiger partial charge in [-0.2, -0.15) is 5.26 Å². The number of nitrogens with zero attached hydrogens (tertiary/aromatic N) is 3. The van der Waals surface area contributed by atoms with Crippen molar-refractivity contribution in [2.24, 2.45) is 0 Å². The van der Waals surface area contributed by atoms with E-state index >= 15 is 0 Å². The normalized spacial score (nSPS) is 17.2. The SMILES string of the molecule is C#Cc1ccc(N2CCN(C(CC)c3ccc(C#N)cc3)CC2c2ccc(Cl)cc2)c(Cl)c1. The molecule has 166 valence electrons. The minimum absolute atomic E-state index is 0.109. The summed E-state index contributed by atoms with van der Waals surface area (Å²) in [5, 5.41) is 10.5. The topological polar surface area (TPSA) is 30.3 Å². The third-order valence-corrected chi connectivity index (χ3v) is 6.90. The van der Waals surface area contributed by atoms with Crippen LogP contribution in [0.25, 0.3) is 0 Å². The molecule has 2 unspecified atom stereocenters. The molecule has 0 radical (unpaired) electrons. The zero-order valence-electron chi connectivity index (χ0n) is 18.5. The zero-order chi connectivity index (χ0) is 23.4. The second-order valence-electron chi connectivity index (χ2n) is 8.22. The van der Waals surface area contributed by atoms with Gasteiger partial charge in [0.25, 0.3) is 0 Å². The van der Waals surface area contributed by atoms with Crippen LogP contribution in [0.3, 0.4) is 0 Å². The standard InChI is InChI=1S/C28H25Cl2N3/c1-3-20-7-14-27(25(30)17-20)33-16-15-32(19-28(33)23-10-12-24(29)13-11-23)26(4-2)22-8-5-21(18-31)6-9-22/h1,5-14,17,26,28H,4,15-16,19H2,2H3. The molecule has 1 saturated heterocycles. The number of hydrogen-bond acceptors (Lipinski definition) is 3. The number of rotatable bonds is 5. The first-order valence-electron chi connectivity index (χ1n) is 11.1. The summed E-state index contributed by atoms with van der Waals surface area (Å²) in [7, 11) is 0. The van der Waals surface area contributed by atoms with Crippen molar-refractivity contribution in [3.63, 3.8) is 0 Å². The van der Waals surface area contributed by atoms with Crippen LogP contribution in [0.15, 0.2) is 66.7 Å². The van der Waals surface area contributed by atoms with Crippen molar-refractivity contribution in [2.45, 2.75) is 25.4 Å². The molecule has 3 aromatic rings. The molecule has 1 aliphatic rings. The Morgan fingerprint density at radius 3 is 2.30 bits per heavy atom. The lowest BCUT2D eigenvalue weighted by atomic mass is 9.96. The number of piperazine rings is 1. The van der Waals surface area contributed by atoms with E-state index in [1.807, 2.05) is 42.5 Å². The fraction of sp³-hybridized carbons (Fsp3) is 0.250. The summed E-state index contributed by atoms with van der Waals surface area (Å²) in [5.41, 5.74) is 4.87. The van der Waals surface area contributed by atoms with Gasteiger partial charge in [-0.25, -0.2) is 0 Å². The van der Waals surface area contributed by atoms with Crippen molar-refractivity contribution in [3.8, 4) is 18.4 Å². The average Bonchev–Trinajstić information content (AvgIpc) is 2.85. The van der Waals surface area contributed by atoms with Gasteiger partial charge in [0.15, 0.2) is 0 Å². The van der Waals surface area contributed by atoms with Crippen LogP contribution in [0.1, 0.15) is 47.7 Å². The van der Waals surface area contributed by atoms with Crippen LogP contribution in [0.4, 0.5) is 5.69 Å². The molecule has 2 atom stereocenters. The summed E-state index contributed by atoms with van der Waals surface area (Å²) in [5.74, 6) is 2.66. The first-order chi connectivity index (χ1) is 16.0. The van der Waals surface area contributed by atoms with E-state index in [2.05, 4.69) is 53.0 Å². The van der Waals surface area contributed by atoms with Gasteiger partial charge >= 0.3 is 0 Å². The number of benzene rings is 3. The van der Waals surface area contributed by atoms with Crippen LogP contribution in [-0.2, 0) is 0 Å². The predicted octanol–water partition coefficient (Wildman–Crippen LogP) is 6.86. The number of nitriles is 1. The highest BCUT2D eigenvalue weighted by Gasteiger charge is 2.33. The van der Waals surface area contributed by atoms with Gasteiger partial charge < -0.3 is 4.90 Å². The van der Waals surface area contributed by atoms with Crippen molar-refractivity contribution < 1.29 is 0 Å². The molecule has 4 rings (SSSR count). The third kappa shape index (κ3) is 5.02.